The lowest BCUT2D eigenvalue weighted by molar-refractivity contribution is 0.0698. The fourth-order valence-electron chi connectivity index (χ4n) is 1.60. The number of carbonyl (C=O) groups is 1. The first-order valence-electron chi connectivity index (χ1n) is 4.87. The highest BCUT2D eigenvalue weighted by Gasteiger charge is 2.15. The highest BCUT2D eigenvalue weighted by Crippen LogP contribution is 2.33. The summed E-state index contributed by atoms with van der Waals surface area (Å²) in [6, 6.07) is 5.42. The Morgan fingerprint density at radius 2 is 2.12 bits per heavy atom. The maximum absolute atomic E-state index is 11.1. The molecule has 1 aromatic heterocycles. The number of aromatic amines is 1. The molecule has 0 aliphatic rings. The number of rotatable bonds is 3. The van der Waals surface area contributed by atoms with E-state index in [0.29, 0.717) is 11.3 Å². The molecule has 2 rings (SSSR count). The number of aromatic nitrogens is 1. The average Bonchev–Trinajstić information content (AvgIpc) is 2.78. The molecular weight excluding hydrogens is 286 g/mol. The summed E-state index contributed by atoms with van der Waals surface area (Å²) in [5, 5.41) is 9.07. The number of H-pyrrole nitrogens is 1. The van der Waals surface area contributed by atoms with Crippen molar-refractivity contribution in [2.75, 3.05) is 7.11 Å². The van der Waals surface area contributed by atoms with Gasteiger partial charge in [-0.2, -0.15) is 0 Å². The van der Waals surface area contributed by atoms with Crippen molar-refractivity contribution in [3.63, 3.8) is 0 Å². The maximum Gasteiger partial charge on any atom is 0.337 e. The molecule has 0 fully saturated rings. The molecule has 5 heteroatoms. The summed E-state index contributed by atoms with van der Waals surface area (Å²) < 4.78 is 5.95. The molecule has 0 radical (unpaired) electrons. The summed E-state index contributed by atoms with van der Waals surface area (Å²) in [6.07, 6.45) is 3.12. The summed E-state index contributed by atoms with van der Waals surface area (Å²) >= 11 is 3.40. The molecule has 1 heterocycles. The van der Waals surface area contributed by atoms with Crippen molar-refractivity contribution in [2.24, 2.45) is 0 Å². The molecule has 0 saturated heterocycles. The van der Waals surface area contributed by atoms with E-state index in [1.54, 1.807) is 25.4 Å². The summed E-state index contributed by atoms with van der Waals surface area (Å²) in [5.41, 5.74) is 1.64. The van der Waals surface area contributed by atoms with Crippen LogP contribution in [-0.4, -0.2) is 23.2 Å². The number of carboxylic acid groups (broad SMARTS) is 1. The predicted molar refractivity (Wildman–Crippen MR) is 67.4 cm³/mol. The van der Waals surface area contributed by atoms with E-state index in [1.165, 1.54) is 6.20 Å². The van der Waals surface area contributed by atoms with Crippen molar-refractivity contribution < 1.29 is 14.6 Å². The molecule has 0 spiro atoms. The van der Waals surface area contributed by atoms with E-state index in [2.05, 4.69) is 20.9 Å². The lowest BCUT2D eigenvalue weighted by atomic mass is 10.0. The van der Waals surface area contributed by atoms with Crippen LogP contribution < -0.4 is 4.74 Å². The molecule has 0 aliphatic heterocycles. The number of aromatic carboxylic acids is 1. The van der Waals surface area contributed by atoms with Crippen LogP contribution >= 0.6 is 15.9 Å². The first kappa shape index (κ1) is 11.7. The minimum Gasteiger partial charge on any atom is -0.497 e. The van der Waals surface area contributed by atoms with Crippen LogP contribution in [0.1, 0.15) is 10.4 Å². The Labute approximate surface area is 106 Å². The minimum absolute atomic E-state index is 0.235. The Morgan fingerprint density at radius 1 is 1.35 bits per heavy atom. The Kier molecular flexibility index (Phi) is 3.19. The molecule has 2 N–H and O–H groups in total. The van der Waals surface area contributed by atoms with Gasteiger partial charge in [0.2, 0.25) is 0 Å². The number of ether oxygens (including phenoxy) is 1. The molecule has 0 amide bonds. The standard InChI is InChI=1S/C12H10BrNO3/c1-17-7-2-3-11(13)8(4-7)9-5-14-6-10(9)12(15)16/h2-6,14H,1H3,(H,15,16). The number of methoxy groups -OCH3 is 1. The third-order valence-electron chi connectivity index (χ3n) is 2.44. The molecule has 2 aromatic rings. The van der Waals surface area contributed by atoms with Crippen LogP contribution in [0.4, 0.5) is 0 Å². The zero-order chi connectivity index (χ0) is 12.4. The van der Waals surface area contributed by atoms with E-state index < -0.39 is 5.97 Å². The van der Waals surface area contributed by atoms with Gasteiger partial charge in [-0.3, -0.25) is 0 Å². The SMILES string of the molecule is COc1ccc(Br)c(-c2c[nH]cc2C(=O)O)c1. The van der Waals surface area contributed by atoms with Crippen LogP contribution in [-0.2, 0) is 0 Å². The van der Waals surface area contributed by atoms with Gasteiger partial charge in [-0.25, -0.2) is 4.79 Å². The Balaban J connectivity index is 2.59. The van der Waals surface area contributed by atoms with Crippen molar-refractivity contribution in [2.45, 2.75) is 0 Å². The third-order valence-corrected chi connectivity index (χ3v) is 3.13. The van der Waals surface area contributed by atoms with E-state index in [1.807, 2.05) is 6.07 Å². The van der Waals surface area contributed by atoms with E-state index in [9.17, 15) is 4.79 Å². The van der Waals surface area contributed by atoms with E-state index >= 15 is 0 Å². The van der Waals surface area contributed by atoms with E-state index in [-0.39, 0.29) is 5.56 Å². The zero-order valence-electron chi connectivity index (χ0n) is 9.03. The number of carboxylic acids is 1. The van der Waals surface area contributed by atoms with Crippen LogP contribution in [0.15, 0.2) is 35.1 Å². The monoisotopic (exact) mass is 295 g/mol. The van der Waals surface area contributed by atoms with Crippen LogP contribution in [0, 0.1) is 0 Å². The number of nitrogens with one attached hydrogen (secondary N) is 1. The fraction of sp³-hybridized carbons (Fsp3) is 0.0833. The molecular formula is C12H10BrNO3. The molecule has 0 bridgehead atoms. The summed E-state index contributed by atoms with van der Waals surface area (Å²) in [6.45, 7) is 0. The molecule has 1 aromatic carbocycles. The lowest BCUT2D eigenvalue weighted by Crippen LogP contribution is -1.96. The topological polar surface area (TPSA) is 62.3 Å². The Morgan fingerprint density at radius 3 is 2.76 bits per heavy atom. The van der Waals surface area contributed by atoms with Gasteiger partial charge in [0.05, 0.1) is 12.7 Å². The van der Waals surface area contributed by atoms with Crippen LogP contribution in [0.3, 0.4) is 0 Å². The summed E-state index contributed by atoms with van der Waals surface area (Å²) in [7, 11) is 1.57. The smallest absolute Gasteiger partial charge is 0.337 e. The average molecular weight is 296 g/mol. The molecule has 0 saturated carbocycles. The quantitative estimate of drug-likeness (QED) is 0.914. The second kappa shape index (κ2) is 4.63. The molecule has 17 heavy (non-hydrogen) atoms. The fourth-order valence-corrected chi connectivity index (χ4v) is 2.06. The van der Waals surface area contributed by atoms with Gasteiger partial charge in [0.15, 0.2) is 0 Å². The summed E-state index contributed by atoms with van der Waals surface area (Å²) in [4.78, 5) is 13.9. The second-order valence-electron chi connectivity index (χ2n) is 3.43. The van der Waals surface area contributed by atoms with Crippen molar-refractivity contribution in [1.29, 1.82) is 0 Å². The maximum atomic E-state index is 11.1. The zero-order valence-corrected chi connectivity index (χ0v) is 10.6. The first-order valence-corrected chi connectivity index (χ1v) is 5.66. The van der Waals surface area contributed by atoms with Gasteiger partial charge in [0.1, 0.15) is 5.75 Å². The van der Waals surface area contributed by atoms with E-state index in [0.717, 1.165) is 10.0 Å². The summed E-state index contributed by atoms with van der Waals surface area (Å²) in [5.74, 6) is -0.281. The third kappa shape index (κ3) is 2.19. The van der Waals surface area contributed by atoms with Crippen molar-refractivity contribution in [3.05, 3.63) is 40.6 Å². The van der Waals surface area contributed by atoms with Crippen LogP contribution in [0.2, 0.25) is 0 Å². The lowest BCUT2D eigenvalue weighted by Gasteiger charge is -2.06. The van der Waals surface area contributed by atoms with Crippen molar-refractivity contribution in [1.82, 2.24) is 4.98 Å². The first-order chi connectivity index (χ1) is 8.13. The van der Waals surface area contributed by atoms with Crippen LogP contribution in [0.25, 0.3) is 11.1 Å². The molecule has 0 unspecified atom stereocenters. The molecule has 4 nitrogen and oxygen atoms in total. The highest BCUT2D eigenvalue weighted by molar-refractivity contribution is 9.10. The normalized spacial score (nSPS) is 10.2. The largest absolute Gasteiger partial charge is 0.497 e. The van der Waals surface area contributed by atoms with E-state index in [4.69, 9.17) is 9.84 Å². The Bertz CT molecular complexity index is 563. The number of benzene rings is 1. The highest BCUT2D eigenvalue weighted by atomic mass is 79.9. The Hall–Kier alpha value is -1.75. The van der Waals surface area contributed by atoms with Crippen LogP contribution in [0.5, 0.6) is 5.75 Å². The number of hydrogen-bond acceptors (Lipinski definition) is 2. The number of hydrogen-bond donors (Lipinski definition) is 2. The van der Waals surface area contributed by atoms with Gasteiger partial charge in [0, 0.05) is 28.0 Å². The van der Waals surface area contributed by atoms with Crippen molar-refractivity contribution in [3.8, 4) is 16.9 Å². The van der Waals surface area contributed by atoms with Gasteiger partial charge < -0.3 is 14.8 Å². The van der Waals surface area contributed by atoms with Gasteiger partial charge in [-0.15, -0.1) is 0 Å². The van der Waals surface area contributed by atoms with Gasteiger partial charge >= 0.3 is 5.97 Å². The number of halogens is 1. The van der Waals surface area contributed by atoms with Gasteiger partial charge in [-0.05, 0) is 18.2 Å². The second-order valence-corrected chi connectivity index (χ2v) is 4.29. The molecule has 0 atom stereocenters. The minimum atomic E-state index is -0.962. The van der Waals surface area contributed by atoms with Crippen molar-refractivity contribution >= 4 is 21.9 Å². The van der Waals surface area contributed by atoms with Gasteiger partial charge in [-0.1, -0.05) is 15.9 Å². The molecule has 0 aliphatic carbocycles. The predicted octanol–water partition coefficient (Wildman–Crippen LogP) is 3.15. The van der Waals surface area contributed by atoms with Gasteiger partial charge in [0.25, 0.3) is 0 Å². The molecule has 88 valence electrons.